The normalized spacial score (nSPS) is 18.8. The molecule has 2 aromatic heterocycles. The van der Waals surface area contributed by atoms with Gasteiger partial charge in [0.1, 0.15) is 6.67 Å². The highest BCUT2D eigenvalue weighted by molar-refractivity contribution is 6.31. The minimum atomic E-state index is -1.51. The average molecular weight is 411 g/mol. The van der Waals surface area contributed by atoms with Crippen molar-refractivity contribution in [2.75, 3.05) is 7.05 Å². The maximum atomic E-state index is 13.3. The van der Waals surface area contributed by atoms with Crippen molar-refractivity contribution in [1.82, 2.24) is 19.9 Å². The molecule has 3 heterocycles. The lowest BCUT2D eigenvalue weighted by atomic mass is 9.82. The smallest absolute Gasteiger partial charge is 0.266 e. The second-order valence-corrected chi connectivity index (χ2v) is 6.97. The maximum Gasteiger partial charge on any atom is 0.266 e. The van der Waals surface area contributed by atoms with Crippen LogP contribution in [0.15, 0.2) is 60.1 Å². The van der Waals surface area contributed by atoms with Gasteiger partial charge < -0.3 is 5.73 Å². The molecule has 0 bridgehead atoms. The van der Waals surface area contributed by atoms with Gasteiger partial charge in [0.25, 0.3) is 5.91 Å². The van der Waals surface area contributed by atoms with E-state index in [9.17, 15) is 9.18 Å². The van der Waals surface area contributed by atoms with Gasteiger partial charge in [0.05, 0.1) is 17.6 Å². The van der Waals surface area contributed by atoms with Gasteiger partial charge in [-0.3, -0.25) is 24.6 Å². The van der Waals surface area contributed by atoms with E-state index in [1.807, 2.05) is 0 Å². The highest BCUT2D eigenvalue weighted by Gasteiger charge is 2.50. The molecule has 0 fully saturated rings. The van der Waals surface area contributed by atoms with Gasteiger partial charge in [-0.05, 0) is 41.5 Å². The summed E-state index contributed by atoms with van der Waals surface area (Å²) in [6.07, 6.45) is 6.16. The Hall–Kier alpha value is -3.39. The number of halogens is 2. The van der Waals surface area contributed by atoms with Gasteiger partial charge in [0.2, 0.25) is 0 Å². The number of nitrogens with zero attached hydrogens (tertiary/aromatic N) is 5. The van der Waals surface area contributed by atoms with Crippen LogP contribution in [-0.4, -0.2) is 38.8 Å². The SMILES string of the molecule is CN1C(=O)C(c2cc(Cl)cc(-c3cnccn3)c2)(c2ccnc(CF)c2)N=C1N. The summed E-state index contributed by atoms with van der Waals surface area (Å²) in [5, 5.41) is 0.387. The van der Waals surface area contributed by atoms with E-state index in [1.54, 1.807) is 42.9 Å². The molecule has 1 atom stereocenters. The third-order valence-electron chi connectivity index (χ3n) is 4.79. The summed E-state index contributed by atoms with van der Waals surface area (Å²) in [7, 11) is 1.54. The van der Waals surface area contributed by atoms with Crippen LogP contribution in [-0.2, 0) is 17.0 Å². The molecule has 1 amide bonds. The van der Waals surface area contributed by atoms with E-state index in [0.29, 0.717) is 27.4 Å². The number of alkyl halides is 1. The Morgan fingerprint density at radius 1 is 1.14 bits per heavy atom. The molecule has 0 spiro atoms. The number of rotatable bonds is 4. The van der Waals surface area contributed by atoms with Crippen molar-refractivity contribution in [3.8, 4) is 11.3 Å². The predicted molar refractivity (Wildman–Crippen MR) is 107 cm³/mol. The minimum absolute atomic E-state index is 0.0506. The van der Waals surface area contributed by atoms with Gasteiger partial charge >= 0.3 is 0 Å². The van der Waals surface area contributed by atoms with E-state index in [2.05, 4.69) is 19.9 Å². The fraction of sp³-hybridized carbons (Fsp3) is 0.150. The Morgan fingerprint density at radius 2 is 1.97 bits per heavy atom. The molecule has 3 aromatic rings. The fourth-order valence-corrected chi connectivity index (χ4v) is 3.59. The molecule has 1 aliphatic rings. The van der Waals surface area contributed by atoms with Crippen LogP contribution in [0.1, 0.15) is 16.8 Å². The lowest BCUT2D eigenvalue weighted by molar-refractivity contribution is -0.129. The maximum absolute atomic E-state index is 13.3. The summed E-state index contributed by atoms with van der Waals surface area (Å²) in [5.74, 6) is -0.326. The number of nitrogens with two attached hydrogens (primary N) is 1. The van der Waals surface area contributed by atoms with E-state index in [1.165, 1.54) is 24.2 Å². The lowest BCUT2D eigenvalue weighted by Crippen LogP contribution is -2.41. The molecule has 29 heavy (non-hydrogen) atoms. The Balaban J connectivity index is 1.99. The second kappa shape index (κ2) is 7.21. The number of hydrogen-bond donors (Lipinski definition) is 1. The van der Waals surface area contributed by atoms with Crippen molar-refractivity contribution in [1.29, 1.82) is 0 Å². The summed E-state index contributed by atoms with van der Waals surface area (Å²) in [6.45, 7) is -0.770. The zero-order chi connectivity index (χ0) is 20.6. The molecule has 1 aliphatic heterocycles. The van der Waals surface area contributed by atoms with Crippen molar-refractivity contribution in [2.24, 2.45) is 10.7 Å². The van der Waals surface area contributed by atoms with Crippen molar-refractivity contribution >= 4 is 23.5 Å². The lowest BCUT2D eigenvalue weighted by Gasteiger charge is -2.27. The standard InChI is InChI=1S/C20H16ClFN6O/c1-28-18(29)20(27-19(28)23,13-2-3-25-16(9-13)10-22)14-6-12(7-15(21)8-14)17-11-24-4-5-26-17/h2-9,11H,10H2,1H3,(H2,23,27). The van der Waals surface area contributed by atoms with Crippen molar-refractivity contribution < 1.29 is 9.18 Å². The number of likely N-dealkylation sites (N-methyl/N-ethyl adjacent to an activating group) is 1. The summed E-state index contributed by atoms with van der Waals surface area (Å²) >= 11 is 6.38. The number of pyridine rings is 1. The Morgan fingerprint density at radius 3 is 2.62 bits per heavy atom. The molecule has 2 N–H and O–H groups in total. The number of guanidine groups is 1. The second-order valence-electron chi connectivity index (χ2n) is 6.53. The number of amides is 1. The fourth-order valence-electron chi connectivity index (χ4n) is 3.35. The topological polar surface area (TPSA) is 97.4 Å². The van der Waals surface area contributed by atoms with Crippen LogP contribution < -0.4 is 5.73 Å². The van der Waals surface area contributed by atoms with Crippen LogP contribution in [0.2, 0.25) is 5.02 Å². The highest BCUT2D eigenvalue weighted by Crippen LogP contribution is 2.41. The molecule has 9 heteroatoms. The first kappa shape index (κ1) is 18.9. The van der Waals surface area contributed by atoms with Crippen molar-refractivity contribution in [3.05, 3.63) is 77.0 Å². The first-order valence-electron chi connectivity index (χ1n) is 8.68. The zero-order valence-electron chi connectivity index (χ0n) is 15.4. The van der Waals surface area contributed by atoms with Gasteiger partial charge in [0.15, 0.2) is 11.5 Å². The van der Waals surface area contributed by atoms with E-state index < -0.39 is 12.2 Å². The monoisotopic (exact) mass is 410 g/mol. The van der Waals surface area contributed by atoms with Crippen LogP contribution in [0.3, 0.4) is 0 Å². The van der Waals surface area contributed by atoms with Gasteiger partial charge in [-0.1, -0.05) is 11.6 Å². The number of benzene rings is 1. The van der Waals surface area contributed by atoms with Gasteiger partial charge in [-0.25, -0.2) is 9.38 Å². The third-order valence-corrected chi connectivity index (χ3v) is 5.00. The summed E-state index contributed by atoms with van der Waals surface area (Å²) < 4.78 is 13.3. The minimum Gasteiger partial charge on any atom is -0.369 e. The summed E-state index contributed by atoms with van der Waals surface area (Å²) in [4.78, 5) is 31.5. The van der Waals surface area contributed by atoms with Crippen LogP contribution >= 0.6 is 11.6 Å². The van der Waals surface area contributed by atoms with Gasteiger partial charge in [-0.2, -0.15) is 0 Å². The molecule has 0 aliphatic carbocycles. The molecular formula is C20H16ClFN6O. The molecule has 4 rings (SSSR count). The molecule has 7 nitrogen and oxygen atoms in total. The quantitative estimate of drug-likeness (QED) is 0.713. The largest absolute Gasteiger partial charge is 0.369 e. The Kier molecular flexibility index (Phi) is 4.71. The average Bonchev–Trinajstić information content (AvgIpc) is 2.99. The first-order chi connectivity index (χ1) is 14.0. The number of carbonyl (C=O) groups excluding carboxylic acids is 1. The molecule has 146 valence electrons. The van der Waals surface area contributed by atoms with Crippen LogP contribution in [0.4, 0.5) is 4.39 Å². The summed E-state index contributed by atoms with van der Waals surface area (Å²) in [6, 6.07) is 8.26. The van der Waals surface area contributed by atoms with E-state index in [-0.39, 0.29) is 17.6 Å². The number of aliphatic imine (C=N–C) groups is 1. The van der Waals surface area contributed by atoms with E-state index >= 15 is 0 Å². The van der Waals surface area contributed by atoms with Crippen molar-refractivity contribution in [2.45, 2.75) is 12.2 Å². The molecule has 1 aromatic carbocycles. The molecule has 0 saturated heterocycles. The first-order valence-corrected chi connectivity index (χ1v) is 9.06. The van der Waals surface area contributed by atoms with Gasteiger partial charge in [-0.15, -0.1) is 0 Å². The van der Waals surface area contributed by atoms with Crippen molar-refractivity contribution in [3.63, 3.8) is 0 Å². The number of aromatic nitrogens is 3. The number of carbonyl (C=O) groups is 1. The van der Waals surface area contributed by atoms with Gasteiger partial charge in [0, 0.05) is 36.2 Å². The molecule has 0 radical (unpaired) electrons. The predicted octanol–water partition coefficient (Wildman–Crippen LogP) is 2.69. The van der Waals surface area contributed by atoms with Crippen LogP contribution in [0.25, 0.3) is 11.3 Å². The molecule has 1 unspecified atom stereocenters. The van der Waals surface area contributed by atoms with E-state index in [4.69, 9.17) is 17.3 Å². The zero-order valence-corrected chi connectivity index (χ0v) is 16.1. The Bertz CT molecular complexity index is 1120. The number of hydrogen-bond acceptors (Lipinski definition) is 6. The molecular weight excluding hydrogens is 395 g/mol. The molecule has 0 saturated carbocycles. The van der Waals surface area contributed by atoms with Crippen LogP contribution in [0, 0.1) is 0 Å². The third kappa shape index (κ3) is 3.11. The highest BCUT2D eigenvalue weighted by atomic mass is 35.5. The summed E-state index contributed by atoms with van der Waals surface area (Å²) in [5.41, 5.74) is 6.85. The Labute approximate surface area is 171 Å². The van der Waals surface area contributed by atoms with E-state index in [0.717, 1.165) is 0 Å². The van der Waals surface area contributed by atoms with Crippen LogP contribution in [0.5, 0.6) is 0 Å².